The Morgan fingerprint density at radius 2 is 1.72 bits per heavy atom. The van der Waals surface area contributed by atoms with Crippen LogP contribution in [0.4, 0.5) is 10.1 Å². The third-order valence-corrected chi connectivity index (χ3v) is 3.51. The van der Waals surface area contributed by atoms with E-state index < -0.39 is 18.0 Å². The van der Waals surface area contributed by atoms with Crippen molar-refractivity contribution < 1.29 is 18.7 Å². The minimum absolute atomic E-state index is 0.369. The molecule has 0 heterocycles. The maximum atomic E-state index is 12.8. The quantitative estimate of drug-likeness (QED) is 0.602. The van der Waals surface area contributed by atoms with Crippen LogP contribution in [0.1, 0.15) is 12.5 Å². The zero-order valence-electron chi connectivity index (χ0n) is 13.1. The fraction of sp³-hybridized carbons (Fsp3) is 0.111. The van der Waals surface area contributed by atoms with Crippen LogP contribution in [0.15, 0.2) is 48.5 Å². The highest BCUT2D eigenvalue weighted by molar-refractivity contribution is 6.35. The molecule has 0 aliphatic carbocycles. The third-order valence-electron chi connectivity index (χ3n) is 3.07. The summed E-state index contributed by atoms with van der Waals surface area (Å²) in [6.45, 7) is 1.44. The van der Waals surface area contributed by atoms with Gasteiger partial charge in [-0.3, -0.25) is 4.79 Å². The number of hydrogen-bond donors (Lipinski definition) is 1. The standard InChI is InChI=1S/C18H14Cl2FNO3/c1-11(18(24)22-16-9-13(19)8-14(20)10-16)25-17(23)7-4-12-2-5-15(21)6-3-12/h2-11H,1H3,(H,22,24)/b7-4+/t11-/m1/s1. The van der Waals surface area contributed by atoms with Gasteiger partial charge < -0.3 is 10.1 Å². The molecule has 2 aromatic rings. The zero-order valence-corrected chi connectivity index (χ0v) is 14.6. The van der Waals surface area contributed by atoms with Gasteiger partial charge in [-0.15, -0.1) is 0 Å². The van der Waals surface area contributed by atoms with Crippen molar-refractivity contribution in [2.45, 2.75) is 13.0 Å². The molecule has 4 nitrogen and oxygen atoms in total. The SMILES string of the molecule is C[C@@H](OC(=O)/C=C/c1ccc(F)cc1)C(=O)Nc1cc(Cl)cc(Cl)c1. The van der Waals surface area contributed by atoms with E-state index in [0.717, 1.165) is 6.08 Å². The molecule has 1 atom stereocenters. The molecular formula is C18H14Cl2FNO3. The van der Waals surface area contributed by atoms with Gasteiger partial charge in [0.15, 0.2) is 6.10 Å². The van der Waals surface area contributed by atoms with Gasteiger partial charge in [-0.05, 0) is 48.9 Å². The van der Waals surface area contributed by atoms with E-state index in [4.69, 9.17) is 27.9 Å². The van der Waals surface area contributed by atoms with Gasteiger partial charge in [0.2, 0.25) is 0 Å². The van der Waals surface area contributed by atoms with Gasteiger partial charge in [0.05, 0.1) is 0 Å². The highest BCUT2D eigenvalue weighted by Gasteiger charge is 2.17. The van der Waals surface area contributed by atoms with Crippen LogP contribution in [-0.2, 0) is 14.3 Å². The summed E-state index contributed by atoms with van der Waals surface area (Å²) in [5.74, 6) is -1.59. The first-order valence-corrected chi connectivity index (χ1v) is 8.00. The summed E-state index contributed by atoms with van der Waals surface area (Å²) in [7, 11) is 0. The van der Waals surface area contributed by atoms with E-state index in [1.807, 2.05) is 0 Å². The van der Waals surface area contributed by atoms with E-state index in [2.05, 4.69) is 5.32 Å². The maximum absolute atomic E-state index is 12.8. The number of esters is 1. The fourth-order valence-electron chi connectivity index (χ4n) is 1.88. The number of benzene rings is 2. The second-order valence-electron chi connectivity index (χ2n) is 5.11. The van der Waals surface area contributed by atoms with Crippen LogP contribution in [0.25, 0.3) is 6.08 Å². The average molecular weight is 382 g/mol. The molecule has 0 unspecified atom stereocenters. The number of carbonyl (C=O) groups is 2. The molecule has 1 N–H and O–H groups in total. The number of anilines is 1. The largest absolute Gasteiger partial charge is 0.449 e. The van der Waals surface area contributed by atoms with Gasteiger partial charge >= 0.3 is 5.97 Å². The van der Waals surface area contributed by atoms with E-state index in [9.17, 15) is 14.0 Å². The lowest BCUT2D eigenvalue weighted by Crippen LogP contribution is -2.29. The van der Waals surface area contributed by atoms with E-state index in [1.54, 1.807) is 0 Å². The average Bonchev–Trinajstić information content (AvgIpc) is 2.53. The molecule has 0 fully saturated rings. The Morgan fingerprint density at radius 3 is 2.32 bits per heavy atom. The molecule has 130 valence electrons. The minimum Gasteiger partial charge on any atom is -0.449 e. The van der Waals surface area contributed by atoms with Gasteiger partial charge in [-0.2, -0.15) is 0 Å². The molecule has 0 aliphatic rings. The molecule has 2 rings (SSSR count). The Kier molecular flexibility index (Phi) is 6.56. The number of rotatable bonds is 5. The monoisotopic (exact) mass is 381 g/mol. The molecule has 25 heavy (non-hydrogen) atoms. The lowest BCUT2D eigenvalue weighted by molar-refractivity contribution is -0.148. The molecule has 0 saturated carbocycles. The molecular weight excluding hydrogens is 368 g/mol. The predicted octanol–water partition coefficient (Wildman–Crippen LogP) is 4.72. The van der Waals surface area contributed by atoms with Crippen molar-refractivity contribution in [2.75, 3.05) is 5.32 Å². The van der Waals surface area contributed by atoms with Gasteiger partial charge in [-0.25, -0.2) is 9.18 Å². The number of hydrogen-bond acceptors (Lipinski definition) is 3. The Balaban J connectivity index is 1.91. The summed E-state index contributed by atoms with van der Waals surface area (Å²) in [6, 6.07) is 10.1. The van der Waals surface area contributed by atoms with Gasteiger partial charge in [-0.1, -0.05) is 35.3 Å². The van der Waals surface area contributed by atoms with E-state index in [-0.39, 0.29) is 5.82 Å². The summed E-state index contributed by atoms with van der Waals surface area (Å²) in [5, 5.41) is 3.30. The number of carbonyl (C=O) groups excluding carboxylic acids is 2. The topological polar surface area (TPSA) is 55.4 Å². The minimum atomic E-state index is -1.02. The van der Waals surface area contributed by atoms with Gasteiger partial charge in [0.25, 0.3) is 5.91 Å². The number of amides is 1. The molecule has 0 spiro atoms. The number of halogens is 3. The lowest BCUT2D eigenvalue weighted by atomic mass is 10.2. The van der Waals surface area contributed by atoms with Crippen molar-refractivity contribution in [3.05, 3.63) is 70.0 Å². The van der Waals surface area contributed by atoms with Crippen molar-refractivity contribution in [1.29, 1.82) is 0 Å². The van der Waals surface area contributed by atoms with Crippen molar-refractivity contribution in [1.82, 2.24) is 0 Å². The Hall–Kier alpha value is -2.37. The van der Waals surface area contributed by atoms with Crippen molar-refractivity contribution in [3.63, 3.8) is 0 Å². The zero-order chi connectivity index (χ0) is 18.4. The molecule has 0 bridgehead atoms. The van der Waals surface area contributed by atoms with Crippen molar-refractivity contribution in [3.8, 4) is 0 Å². The van der Waals surface area contributed by atoms with Crippen LogP contribution >= 0.6 is 23.2 Å². The second-order valence-corrected chi connectivity index (χ2v) is 5.98. The molecule has 0 radical (unpaired) electrons. The van der Waals surface area contributed by atoms with Crippen molar-refractivity contribution >= 4 is 46.8 Å². The van der Waals surface area contributed by atoms with E-state index in [1.165, 1.54) is 55.5 Å². The number of nitrogens with one attached hydrogen (secondary N) is 1. The van der Waals surface area contributed by atoms with Crippen LogP contribution in [0.5, 0.6) is 0 Å². The Labute approximate surface area is 154 Å². The van der Waals surface area contributed by atoms with Crippen LogP contribution in [0, 0.1) is 5.82 Å². The first kappa shape index (κ1) is 19.0. The first-order chi connectivity index (χ1) is 11.8. The smallest absolute Gasteiger partial charge is 0.331 e. The Morgan fingerprint density at radius 1 is 1.12 bits per heavy atom. The molecule has 0 aromatic heterocycles. The second kappa shape index (κ2) is 8.65. The van der Waals surface area contributed by atoms with Crippen molar-refractivity contribution in [2.24, 2.45) is 0 Å². The van der Waals surface area contributed by atoms with Gasteiger partial charge in [0, 0.05) is 21.8 Å². The molecule has 7 heteroatoms. The summed E-state index contributed by atoms with van der Waals surface area (Å²) in [4.78, 5) is 23.8. The first-order valence-electron chi connectivity index (χ1n) is 7.25. The van der Waals surface area contributed by atoms with E-state index in [0.29, 0.717) is 21.3 Å². The summed E-state index contributed by atoms with van der Waals surface area (Å²) < 4.78 is 17.8. The maximum Gasteiger partial charge on any atom is 0.331 e. The van der Waals surface area contributed by atoms with Crippen LogP contribution in [-0.4, -0.2) is 18.0 Å². The molecule has 1 amide bonds. The van der Waals surface area contributed by atoms with Crippen LogP contribution < -0.4 is 5.32 Å². The lowest BCUT2D eigenvalue weighted by Gasteiger charge is -2.12. The molecule has 0 saturated heterocycles. The highest BCUT2D eigenvalue weighted by atomic mass is 35.5. The van der Waals surface area contributed by atoms with Crippen LogP contribution in [0.2, 0.25) is 10.0 Å². The summed E-state index contributed by atoms with van der Waals surface area (Å²) in [6.07, 6.45) is 1.60. The predicted molar refractivity (Wildman–Crippen MR) is 96.1 cm³/mol. The summed E-state index contributed by atoms with van der Waals surface area (Å²) in [5.41, 5.74) is 1.02. The third kappa shape index (κ3) is 6.21. The fourth-order valence-corrected chi connectivity index (χ4v) is 2.40. The van der Waals surface area contributed by atoms with E-state index >= 15 is 0 Å². The Bertz CT molecular complexity index is 786. The van der Waals surface area contributed by atoms with Gasteiger partial charge in [0.1, 0.15) is 5.82 Å². The normalized spacial score (nSPS) is 12.0. The summed E-state index contributed by atoms with van der Waals surface area (Å²) >= 11 is 11.7. The number of ether oxygens (including phenoxy) is 1. The molecule has 0 aliphatic heterocycles. The van der Waals surface area contributed by atoms with Crippen LogP contribution in [0.3, 0.4) is 0 Å². The highest BCUT2D eigenvalue weighted by Crippen LogP contribution is 2.22. The molecule has 2 aromatic carbocycles.